The molecule has 0 N–H and O–H groups in total. The van der Waals surface area contributed by atoms with E-state index in [0.717, 1.165) is 19.3 Å². The largest absolute Gasteiger partial charge is 0.459 e. The Kier molecular flexibility index (Phi) is 2.74. The molecule has 0 spiro atoms. The summed E-state index contributed by atoms with van der Waals surface area (Å²) in [5.74, 6) is 0.298. The summed E-state index contributed by atoms with van der Waals surface area (Å²) in [5.41, 5.74) is -0.189. The lowest BCUT2D eigenvalue weighted by Crippen LogP contribution is -2.30. The van der Waals surface area contributed by atoms with E-state index in [1.807, 2.05) is 0 Å². The molecule has 1 aliphatic carbocycles. The minimum Gasteiger partial charge on any atom is -0.459 e. The third-order valence-electron chi connectivity index (χ3n) is 4.30. The van der Waals surface area contributed by atoms with E-state index in [0.29, 0.717) is 12.3 Å². The first-order chi connectivity index (χ1) is 8.15. The topological polar surface area (TPSA) is 35.5 Å². The molecule has 3 unspecified atom stereocenters. The Bertz CT molecular complexity index is 341. The van der Waals surface area contributed by atoms with E-state index in [2.05, 4.69) is 19.1 Å². The van der Waals surface area contributed by atoms with Crippen molar-refractivity contribution in [2.24, 2.45) is 5.92 Å². The second kappa shape index (κ2) is 4.13. The van der Waals surface area contributed by atoms with Gasteiger partial charge in [-0.05, 0) is 39.0 Å². The van der Waals surface area contributed by atoms with Gasteiger partial charge in [0.1, 0.15) is 5.60 Å². The molecule has 2 fully saturated rings. The standard InChI is InChI=1S/C14H20O3/c1-14(6-2-3-7-14)17-13(15)9-10-8-11-4-5-12(10)16-11/h4-5,10-12H,2-3,6-9H2,1H3. The first-order valence-electron chi connectivity index (χ1n) is 6.70. The molecule has 3 atom stereocenters. The number of hydrogen-bond donors (Lipinski definition) is 0. The molecule has 3 nitrogen and oxygen atoms in total. The molecule has 1 saturated heterocycles. The van der Waals surface area contributed by atoms with Gasteiger partial charge in [-0.2, -0.15) is 0 Å². The number of hydrogen-bond acceptors (Lipinski definition) is 3. The molecule has 3 aliphatic rings. The lowest BCUT2D eigenvalue weighted by atomic mass is 9.91. The van der Waals surface area contributed by atoms with Crippen LogP contribution in [0.5, 0.6) is 0 Å². The summed E-state index contributed by atoms with van der Waals surface area (Å²) in [4.78, 5) is 11.9. The summed E-state index contributed by atoms with van der Waals surface area (Å²) in [6.07, 6.45) is 10.5. The van der Waals surface area contributed by atoms with Crippen LogP contribution in [0.2, 0.25) is 0 Å². The summed E-state index contributed by atoms with van der Waals surface area (Å²) in [7, 11) is 0. The summed E-state index contributed by atoms with van der Waals surface area (Å²) in [6.45, 7) is 2.06. The van der Waals surface area contributed by atoms with Crippen LogP contribution >= 0.6 is 0 Å². The average molecular weight is 236 g/mol. The normalized spacial score (nSPS) is 37.6. The van der Waals surface area contributed by atoms with Crippen LogP contribution in [-0.2, 0) is 14.3 Å². The van der Waals surface area contributed by atoms with E-state index >= 15 is 0 Å². The molecule has 0 aromatic carbocycles. The summed E-state index contributed by atoms with van der Waals surface area (Å²) in [6, 6.07) is 0. The van der Waals surface area contributed by atoms with Gasteiger partial charge in [0.15, 0.2) is 0 Å². The van der Waals surface area contributed by atoms with E-state index in [9.17, 15) is 4.79 Å². The lowest BCUT2D eigenvalue weighted by molar-refractivity contribution is -0.158. The predicted molar refractivity (Wildman–Crippen MR) is 63.5 cm³/mol. The molecule has 2 bridgehead atoms. The maximum absolute atomic E-state index is 11.9. The molecular formula is C14H20O3. The van der Waals surface area contributed by atoms with Crippen molar-refractivity contribution in [3.63, 3.8) is 0 Å². The van der Waals surface area contributed by atoms with Crippen molar-refractivity contribution in [3.8, 4) is 0 Å². The van der Waals surface area contributed by atoms with Crippen molar-refractivity contribution in [2.45, 2.75) is 63.3 Å². The quantitative estimate of drug-likeness (QED) is 0.558. The van der Waals surface area contributed by atoms with Gasteiger partial charge in [-0.1, -0.05) is 12.2 Å². The Labute approximate surface area is 102 Å². The SMILES string of the molecule is CC1(OC(=O)CC2CC3C=CC2O3)CCCC1. The van der Waals surface area contributed by atoms with Crippen LogP contribution in [0.3, 0.4) is 0 Å². The molecule has 17 heavy (non-hydrogen) atoms. The molecule has 2 aliphatic heterocycles. The summed E-state index contributed by atoms with van der Waals surface area (Å²) < 4.78 is 11.3. The maximum Gasteiger partial charge on any atom is 0.306 e. The lowest BCUT2D eigenvalue weighted by Gasteiger charge is -2.25. The average Bonchev–Trinajstić information content (AvgIpc) is 2.93. The van der Waals surface area contributed by atoms with Crippen LogP contribution in [0.25, 0.3) is 0 Å². The van der Waals surface area contributed by atoms with E-state index in [-0.39, 0.29) is 23.8 Å². The molecule has 2 heterocycles. The monoisotopic (exact) mass is 236 g/mol. The zero-order valence-electron chi connectivity index (χ0n) is 10.4. The summed E-state index contributed by atoms with van der Waals surface area (Å²) >= 11 is 0. The Morgan fingerprint density at radius 3 is 2.76 bits per heavy atom. The number of fused-ring (bicyclic) bond motifs is 2. The van der Waals surface area contributed by atoms with Crippen LogP contribution < -0.4 is 0 Å². The van der Waals surface area contributed by atoms with Crippen LogP contribution in [-0.4, -0.2) is 23.8 Å². The Balaban J connectivity index is 1.52. The zero-order valence-corrected chi connectivity index (χ0v) is 10.4. The fourth-order valence-electron chi connectivity index (χ4n) is 3.32. The number of rotatable bonds is 3. The van der Waals surface area contributed by atoms with Gasteiger partial charge in [0.05, 0.1) is 18.6 Å². The first-order valence-corrected chi connectivity index (χ1v) is 6.70. The van der Waals surface area contributed by atoms with Gasteiger partial charge in [-0.25, -0.2) is 0 Å². The number of esters is 1. The third kappa shape index (κ3) is 2.25. The second-order valence-corrected chi connectivity index (χ2v) is 5.86. The summed E-state index contributed by atoms with van der Waals surface area (Å²) in [5, 5.41) is 0. The highest BCUT2D eigenvalue weighted by atomic mass is 16.6. The molecule has 0 aromatic heterocycles. The van der Waals surface area contributed by atoms with Crippen molar-refractivity contribution in [3.05, 3.63) is 12.2 Å². The van der Waals surface area contributed by atoms with Crippen LogP contribution in [0, 0.1) is 5.92 Å². The zero-order chi connectivity index (χ0) is 11.9. The molecule has 3 heteroatoms. The van der Waals surface area contributed by atoms with Crippen LogP contribution in [0.4, 0.5) is 0 Å². The van der Waals surface area contributed by atoms with Gasteiger partial charge in [0, 0.05) is 5.92 Å². The van der Waals surface area contributed by atoms with Crippen molar-refractivity contribution in [1.29, 1.82) is 0 Å². The van der Waals surface area contributed by atoms with Crippen molar-refractivity contribution in [1.82, 2.24) is 0 Å². The molecule has 3 rings (SSSR count). The molecule has 1 saturated carbocycles. The number of carbonyl (C=O) groups excluding carboxylic acids is 1. The van der Waals surface area contributed by atoms with Gasteiger partial charge >= 0.3 is 5.97 Å². The van der Waals surface area contributed by atoms with Crippen molar-refractivity contribution in [2.75, 3.05) is 0 Å². The van der Waals surface area contributed by atoms with Gasteiger partial charge in [-0.3, -0.25) is 4.79 Å². The van der Waals surface area contributed by atoms with E-state index < -0.39 is 0 Å². The number of carbonyl (C=O) groups is 1. The molecule has 0 radical (unpaired) electrons. The molecule has 0 aromatic rings. The molecule has 0 amide bonds. The second-order valence-electron chi connectivity index (χ2n) is 5.86. The first kappa shape index (κ1) is 11.3. The third-order valence-corrected chi connectivity index (χ3v) is 4.30. The Morgan fingerprint density at radius 1 is 1.41 bits per heavy atom. The molecular weight excluding hydrogens is 216 g/mol. The minimum atomic E-state index is -0.189. The van der Waals surface area contributed by atoms with Gasteiger partial charge in [0.25, 0.3) is 0 Å². The smallest absolute Gasteiger partial charge is 0.306 e. The van der Waals surface area contributed by atoms with Gasteiger partial charge in [-0.15, -0.1) is 0 Å². The van der Waals surface area contributed by atoms with E-state index in [4.69, 9.17) is 9.47 Å². The highest BCUT2D eigenvalue weighted by Crippen LogP contribution is 2.37. The highest BCUT2D eigenvalue weighted by Gasteiger charge is 2.39. The highest BCUT2D eigenvalue weighted by molar-refractivity contribution is 5.70. The molecule has 94 valence electrons. The van der Waals surface area contributed by atoms with E-state index in [1.165, 1.54) is 12.8 Å². The Hall–Kier alpha value is -0.830. The predicted octanol–water partition coefficient (Wildman–Crippen LogP) is 2.60. The maximum atomic E-state index is 11.9. The van der Waals surface area contributed by atoms with Gasteiger partial charge in [0.2, 0.25) is 0 Å². The van der Waals surface area contributed by atoms with Crippen molar-refractivity contribution < 1.29 is 14.3 Å². The number of ether oxygens (including phenoxy) is 2. The van der Waals surface area contributed by atoms with Gasteiger partial charge < -0.3 is 9.47 Å². The van der Waals surface area contributed by atoms with Crippen LogP contribution in [0.1, 0.15) is 45.4 Å². The fraction of sp³-hybridized carbons (Fsp3) is 0.786. The Morgan fingerprint density at radius 2 is 2.18 bits per heavy atom. The van der Waals surface area contributed by atoms with Crippen LogP contribution in [0.15, 0.2) is 12.2 Å². The van der Waals surface area contributed by atoms with E-state index in [1.54, 1.807) is 0 Å². The minimum absolute atomic E-state index is 0.0380. The van der Waals surface area contributed by atoms with Crippen molar-refractivity contribution >= 4 is 5.97 Å². The fourth-order valence-corrected chi connectivity index (χ4v) is 3.32.